The third-order valence-electron chi connectivity index (χ3n) is 4.41. The first-order valence-corrected chi connectivity index (χ1v) is 9.87. The summed E-state index contributed by atoms with van der Waals surface area (Å²) in [6.07, 6.45) is -3.03. The molecule has 0 aromatic carbocycles. The maximum atomic E-state index is 12.7. The van der Waals surface area contributed by atoms with Gasteiger partial charge in [-0.15, -0.1) is 0 Å². The molecule has 0 unspecified atom stereocenters. The maximum absolute atomic E-state index is 12.7. The van der Waals surface area contributed by atoms with Gasteiger partial charge in [0.05, 0.1) is 6.61 Å². The second-order valence-electron chi connectivity index (χ2n) is 7.46. The molecule has 0 aliphatic carbocycles. The number of anilines is 1. The zero-order valence-corrected chi connectivity index (χ0v) is 17.3. The van der Waals surface area contributed by atoms with Gasteiger partial charge in [-0.1, -0.05) is 19.9 Å². The highest BCUT2D eigenvalue weighted by atomic mass is 19.4. The van der Waals surface area contributed by atoms with Gasteiger partial charge in [0.2, 0.25) is 11.8 Å². The Hall–Kier alpha value is -3.11. The number of aromatic nitrogens is 3. The van der Waals surface area contributed by atoms with E-state index in [0.717, 1.165) is 0 Å². The topological polar surface area (TPSA) is 80.7 Å². The second-order valence-corrected chi connectivity index (χ2v) is 7.46. The fourth-order valence-electron chi connectivity index (χ4n) is 2.90. The average Bonchev–Trinajstić information content (AvgIpc) is 2.76. The van der Waals surface area contributed by atoms with E-state index in [1.165, 1.54) is 24.5 Å². The van der Waals surface area contributed by atoms with Crippen LogP contribution in [0.3, 0.4) is 0 Å². The summed E-state index contributed by atoms with van der Waals surface area (Å²) in [4.78, 5) is 28.6. The van der Waals surface area contributed by atoms with Crippen LogP contribution in [0.25, 0.3) is 0 Å². The van der Waals surface area contributed by atoms with Crippen molar-refractivity contribution in [3.8, 4) is 11.8 Å². The minimum Gasteiger partial charge on any atom is -0.477 e. The van der Waals surface area contributed by atoms with Crippen molar-refractivity contribution in [3.05, 3.63) is 36.3 Å². The molecule has 1 aliphatic rings. The number of rotatable bonds is 7. The number of amides is 1. The summed E-state index contributed by atoms with van der Waals surface area (Å²) in [6.45, 7) is 5.10. The van der Waals surface area contributed by atoms with Crippen LogP contribution >= 0.6 is 0 Å². The summed E-state index contributed by atoms with van der Waals surface area (Å²) in [5.74, 6) is 0.982. The zero-order chi connectivity index (χ0) is 22.4. The van der Waals surface area contributed by atoms with Crippen molar-refractivity contribution in [2.24, 2.45) is 5.92 Å². The molecule has 2 aromatic rings. The van der Waals surface area contributed by atoms with Crippen LogP contribution in [0, 0.1) is 5.92 Å². The number of ether oxygens (including phenoxy) is 2. The molecule has 3 heterocycles. The van der Waals surface area contributed by atoms with Crippen LogP contribution in [0.2, 0.25) is 0 Å². The van der Waals surface area contributed by atoms with E-state index in [1.54, 1.807) is 11.0 Å². The van der Waals surface area contributed by atoms with Gasteiger partial charge >= 0.3 is 6.18 Å². The minimum atomic E-state index is -4.47. The number of carbonyl (C=O) groups excluding carboxylic acids is 1. The van der Waals surface area contributed by atoms with Gasteiger partial charge in [0, 0.05) is 38.3 Å². The third kappa shape index (κ3) is 6.69. The van der Waals surface area contributed by atoms with Crippen molar-refractivity contribution in [3.63, 3.8) is 0 Å². The molecule has 1 fully saturated rings. The minimum absolute atomic E-state index is 0.0412. The Morgan fingerprint density at radius 1 is 1.10 bits per heavy atom. The third-order valence-corrected chi connectivity index (χ3v) is 4.41. The summed E-state index contributed by atoms with van der Waals surface area (Å²) in [5, 5.41) is 0. The molecule has 0 radical (unpaired) electrons. The van der Waals surface area contributed by atoms with Crippen molar-refractivity contribution in [1.82, 2.24) is 19.9 Å². The molecular formula is C20H24F3N5O3. The summed E-state index contributed by atoms with van der Waals surface area (Å²) >= 11 is 0. The predicted octanol–water partition coefficient (Wildman–Crippen LogP) is 2.81. The molecule has 0 N–H and O–H groups in total. The summed E-state index contributed by atoms with van der Waals surface area (Å²) < 4.78 is 47.2. The van der Waals surface area contributed by atoms with E-state index in [0.29, 0.717) is 50.4 Å². The fourth-order valence-corrected chi connectivity index (χ4v) is 2.90. The highest BCUT2D eigenvalue weighted by Crippen LogP contribution is 2.20. The van der Waals surface area contributed by atoms with Crippen LogP contribution in [0.15, 0.2) is 30.6 Å². The number of carbonyl (C=O) groups is 1. The van der Waals surface area contributed by atoms with E-state index in [4.69, 9.17) is 4.74 Å². The first-order valence-electron chi connectivity index (χ1n) is 9.87. The zero-order valence-electron chi connectivity index (χ0n) is 17.3. The molecule has 0 saturated carbocycles. The maximum Gasteiger partial charge on any atom is 0.422 e. The Kier molecular flexibility index (Phi) is 7.13. The van der Waals surface area contributed by atoms with Gasteiger partial charge in [0.25, 0.3) is 5.91 Å². The molecule has 3 rings (SSSR count). The molecule has 0 bridgehead atoms. The van der Waals surface area contributed by atoms with Crippen molar-refractivity contribution >= 4 is 11.7 Å². The van der Waals surface area contributed by atoms with E-state index < -0.39 is 12.8 Å². The molecule has 31 heavy (non-hydrogen) atoms. The molecule has 8 nitrogen and oxygen atoms in total. The van der Waals surface area contributed by atoms with Crippen molar-refractivity contribution in [2.45, 2.75) is 20.0 Å². The van der Waals surface area contributed by atoms with Crippen molar-refractivity contribution < 1.29 is 27.4 Å². The Labute approximate surface area is 178 Å². The second kappa shape index (κ2) is 9.80. The molecule has 1 aliphatic heterocycles. The first kappa shape index (κ1) is 22.6. The molecule has 0 atom stereocenters. The Morgan fingerprint density at radius 2 is 1.84 bits per heavy atom. The number of nitrogens with zero attached hydrogens (tertiary/aromatic N) is 5. The van der Waals surface area contributed by atoms with E-state index >= 15 is 0 Å². The molecule has 1 saturated heterocycles. The lowest BCUT2D eigenvalue weighted by Gasteiger charge is -2.35. The van der Waals surface area contributed by atoms with Gasteiger partial charge in [0.15, 0.2) is 6.61 Å². The van der Waals surface area contributed by atoms with Gasteiger partial charge in [-0.3, -0.25) is 4.79 Å². The molecule has 168 valence electrons. The number of piperazine rings is 1. The lowest BCUT2D eigenvalue weighted by atomic mass is 10.2. The number of pyridine rings is 1. The van der Waals surface area contributed by atoms with Crippen LogP contribution in [0.1, 0.15) is 24.3 Å². The normalized spacial score (nSPS) is 14.6. The van der Waals surface area contributed by atoms with Gasteiger partial charge in [-0.05, 0) is 12.0 Å². The number of hydrogen-bond acceptors (Lipinski definition) is 7. The number of alkyl halides is 3. The lowest BCUT2D eigenvalue weighted by molar-refractivity contribution is -0.154. The van der Waals surface area contributed by atoms with Crippen LogP contribution in [-0.2, 0) is 0 Å². The summed E-state index contributed by atoms with van der Waals surface area (Å²) in [6, 6.07) is 5.96. The Bertz CT molecular complexity index is 886. The highest BCUT2D eigenvalue weighted by Gasteiger charge is 2.29. The Morgan fingerprint density at radius 3 is 2.52 bits per heavy atom. The van der Waals surface area contributed by atoms with Crippen LogP contribution in [0.5, 0.6) is 11.8 Å². The first-order chi connectivity index (χ1) is 14.7. The van der Waals surface area contributed by atoms with Gasteiger partial charge in [0.1, 0.15) is 17.8 Å². The van der Waals surface area contributed by atoms with Gasteiger partial charge in [-0.25, -0.2) is 15.0 Å². The molecule has 0 spiro atoms. The lowest BCUT2D eigenvalue weighted by Crippen LogP contribution is -2.49. The molecule has 11 heteroatoms. The average molecular weight is 439 g/mol. The van der Waals surface area contributed by atoms with E-state index in [-0.39, 0.29) is 17.5 Å². The Balaban J connectivity index is 1.57. The van der Waals surface area contributed by atoms with Crippen molar-refractivity contribution in [1.29, 1.82) is 0 Å². The molecule has 1 amide bonds. The van der Waals surface area contributed by atoms with Crippen LogP contribution < -0.4 is 14.4 Å². The number of halogens is 3. The van der Waals surface area contributed by atoms with E-state index in [2.05, 4.69) is 19.7 Å². The molecular weight excluding hydrogens is 415 g/mol. The van der Waals surface area contributed by atoms with Crippen LogP contribution in [-0.4, -0.2) is 71.3 Å². The number of hydrogen-bond donors (Lipinski definition) is 0. The quantitative estimate of drug-likeness (QED) is 0.656. The van der Waals surface area contributed by atoms with Crippen molar-refractivity contribution in [2.75, 3.05) is 44.3 Å². The SMILES string of the molecule is CC(C)COc1cc(N2CCN(C(=O)c3cccc(OCC(F)(F)F)n3)CC2)ncn1. The predicted molar refractivity (Wildman–Crippen MR) is 106 cm³/mol. The van der Waals surface area contributed by atoms with E-state index in [9.17, 15) is 18.0 Å². The molecule has 2 aromatic heterocycles. The van der Waals surface area contributed by atoms with Gasteiger partial charge in [-0.2, -0.15) is 13.2 Å². The van der Waals surface area contributed by atoms with Crippen LogP contribution in [0.4, 0.5) is 19.0 Å². The fraction of sp³-hybridized carbons (Fsp3) is 0.500. The monoisotopic (exact) mass is 439 g/mol. The standard InChI is InChI=1S/C20H24F3N5O3/c1-14(2)11-30-18-10-16(24-13-25-18)27-6-8-28(9-7-27)19(29)15-4-3-5-17(26-15)31-12-20(21,22)23/h3-5,10,13-14H,6-9,11-12H2,1-2H3. The smallest absolute Gasteiger partial charge is 0.422 e. The highest BCUT2D eigenvalue weighted by molar-refractivity contribution is 5.92. The van der Waals surface area contributed by atoms with E-state index in [1.807, 2.05) is 18.7 Å². The van der Waals surface area contributed by atoms with Gasteiger partial charge < -0.3 is 19.3 Å². The largest absolute Gasteiger partial charge is 0.477 e. The summed E-state index contributed by atoms with van der Waals surface area (Å²) in [5.41, 5.74) is 0.0412. The summed E-state index contributed by atoms with van der Waals surface area (Å²) in [7, 11) is 0.